The molecule has 0 saturated heterocycles. The van der Waals surface area contributed by atoms with Crippen molar-refractivity contribution >= 4 is 27.5 Å². The van der Waals surface area contributed by atoms with Gasteiger partial charge in [0.2, 0.25) is 5.95 Å². The fourth-order valence-corrected chi connectivity index (χ4v) is 1.44. The zero-order valence-electron chi connectivity index (χ0n) is 5.53. The van der Waals surface area contributed by atoms with E-state index in [1.165, 1.54) is 0 Å². The average molecular weight is 213 g/mol. The first kappa shape index (κ1) is 6.60. The summed E-state index contributed by atoms with van der Waals surface area (Å²) in [5, 5.41) is 7.55. The Labute approximate surface area is 71.2 Å². The number of hydrogen-bond acceptors (Lipinski definition) is 3. The van der Waals surface area contributed by atoms with Crippen LogP contribution in [0.2, 0.25) is 0 Å². The highest BCUT2D eigenvalue weighted by atomic mass is 79.9. The molecule has 0 aliphatic carbocycles. The van der Waals surface area contributed by atoms with Gasteiger partial charge in [-0.05, 0) is 28.1 Å². The zero-order valence-corrected chi connectivity index (χ0v) is 7.12. The molecule has 0 spiro atoms. The van der Waals surface area contributed by atoms with E-state index in [4.69, 9.17) is 5.73 Å². The number of nitrogen functional groups attached to an aromatic ring is 1. The first-order valence-corrected chi connectivity index (χ1v) is 3.83. The first-order chi connectivity index (χ1) is 5.29. The van der Waals surface area contributed by atoms with E-state index >= 15 is 0 Å². The summed E-state index contributed by atoms with van der Waals surface area (Å²) < 4.78 is 2.58. The van der Waals surface area contributed by atoms with Gasteiger partial charge >= 0.3 is 0 Å². The number of hydrogen-bond donors (Lipinski definition) is 1. The van der Waals surface area contributed by atoms with Gasteiger partial charge < -0.3 is 5.73 Å². The summed E-state index contributed by atoms with van der Waals surface area (Å²) in [5.74, 6) is 0.396. The molecule has 2 aromatic heterocycles. The monoisotopic (exact) mass is 212 g/mol. The number of nitrogens with two attached hydrogens (primary N) is 1. The third-order valence-corrected chi connectivity index (χ3v) is 2.02. The topological polar surface area (TPSA) is 56.2 Å². The Hall–Kier alpha value is -1.10. The van der Waals surface area contributed by atoms with Gasteiger partial charge in [-0.2, -0.15) is 0 Å². The average Bonchev–Trinajstić information content (AvgIpc) is 2.34. The molecule has 0 unspecified atom stereocenters. The van der Waals surface area contributed by atoms with E-state index in [0.29, 0.717) is 5.95 Å². The molecular weight excluding hydrogens is 208 g/mol. The molecule has 2 aromatic rings. The Morgan fingerprint density at radius 2 is 2.18 bits per heavy atom. The van der Waals surface area contributed by atoms with Crippen LogP contribution in [0.25, 0.3) is 5.65 Å². The maximum absolute atomic E-state index is 5.54. The molecular formula is C6H5BrN4. The number of aromatic nitrogens is 3. The highest BCUT2D eigenvalue weighted by Crippen LogP contribution is 2.14. The van der Waals surface area contributed by atoms with Crippen LogP contribution in [0.1, 0.15) is 0 Å². The lowest BCUT2D eigenvalue weighted by atomic mass is 10.5. The molecule has 2 heterocycles. The van der Waals surface area contributed by atoms with Gasteiger partial charge in [0.25, 0.3) is 0 Å². The highest BCUT2D eigenvalue weighted by Gasteiger charge is 2.02. The number of halogens is 1. The van der Waals surface area contributed by atoms with Crippen LogP contribution in [0, 0.1) is 0 Å². The van der Waals surface area contributed by atoms with Crippen LogP contribution in [0.3, 0.4) is 0 Å². The van der Waals surface area contributed by atoms with E-state index in [-0.39, 0.29) is 0 Å². The van der Waals surface area contributed by atoms with Gasteiger partial charge in [0, 0.05) is 0 Å². The lowest BCUT2D eigenvalue weighted by Crippen LogP contribution is -1.94. The zero-order chi connectivity index (χ0) is 7.84. The summed E-state index contributed by atoms with van der Waals surface area (Å²) >= 11 is 3.33. The second-order valence-corrected chi connectivity index (χ2v) is 2.91. The standard InChI is InChI=1S/C6H5BrN4/c7-4-2-1-3-5-9-10-6(8)11(4)5/h1-3H,(H2,8,10). The second-order valence-electron chi connectivity index (χ2n) is 2.10. The van der Waals surface area contributed by atoms with Crippen molar-refractivity contribution in [2.75, 3.05) is 5.73 Å². The second kappa shape index (κ2) is 2.20. The summed E-state index contributed by atoms with van der Waals surface area (Å²) in [7, 11) is 0. The third kappa shape index (κ3) is 0.883. The van der Waals surface area contributed by atoms with Crippen LogP contribution >= 0.6 is 15.9 Å². The minimum Gasteiger partial charge on any atom is -0.368 e. The molecule has 0 aromatic carbocycles. The summed E-state index contributed by atoms with van der Waals surface area (Å²) in [4.78, 5) is 0. The predicted molar refractivity (Wildman–Crippen MR) is 45.1 cm³/mol. The van der Waals surface area contributed by atoms with Crippen LogP contribution < -0.4 is 5.73 Å². The van der Waals surface area contributed by atoms with Crippen LogP contribution in [0.5, 0.6) is 0 Å². The van der Waals surface area contributed by atoms with E-state index in [2.05, 4.69) is 26.1 Å². The van der Waals surface area contributed by atoms with Crippen molar-refractivity contribution in [3.63, 3.8) is 0 Å². The quantitative estimate of drug-likeness (QED) is 0.666. The SMILES string of the molecule is Nc1nnc2cccc(Br)n12. The number of rotatable bonds is 0. The van der Waals surface area contributed by atoms with E-state index in [1.54, 1.807) is 4.40 Å². The van der Waals surface area contributed by atoms with Gasteiger partial charge in [-0.15, -0.1) is 10.2 Å². The molecule has 2 rings (SSSR count). The van der Waals surface area contributed by atoms with E-state index in [9.17, 15) is 0 Å². The summed E-state index contributed by atoms with van der Waals surface area (Å²) in [5.41, 5.74) is 6.28. The van der Waals surface area contributed by atoms with Crippen LogP contribution in [-0.4, -0.2) is 14.6 Å². The normalized spacial score (nSPS) is 10.6. The minimum atomic E-state index is 0.396. The molecule has 5 heteroatoms. The van der Waals surface area contributed by atoms with Crippen LogP contribution in [0.4, 0.5) is 5.95 Å². The summed E-state index contributed by atoms with van der Waals surface area (Å²) in [6.07, 6.45) is 0. The fourth-order valence-electron chi connectivity index (χ4n) is 0.924. The molecule has 0 amide bonds. The maximum atomic E-state index is 5.54. The van der Waals surface area contributed by atoms with Gasteiger partial charge in [-0.3, -0.25) is 4.40 Å². The summed E-state index contributed by atoms with van der Waals surface area (Å²) in [6.45, 7) is 0. The van der Waals surface area contributed by atoms with Crippen molar-refractivity contribution in [1.29, 1.82) is 0 Å². The van der Waals surface area contributed by atoms with Gasteiger partial charge in [0.05, 0.1) is 4.60 Å². The van der Waals surface area contributed by atoms with E-state index in [1.807, 2.05) is 18.2 Å². The van der Waals surface area contributed by atoms with Gasteiger partial charge in [0.15, 0.2) is 5.65 Å². The minimum absolute atomic E-state index is 0.396. The Kier molecular flexibility index (Phi) is 1.32. The van der Waals surface area contributed by atoms with Crippen molar-refractivity contribution in [3.8, 4) is 0 Å². The van der Waals surface area contributed by atoms with E-state index in [0.717, 1.165) is 10.3 Å². The van der Waals surface area contributed by atoms with Crippen LogP contribution in [-0.2, 0) is 0 Å². The third-order valence-electron chi connectivity index (χ3n) is 1.41. The Morgan fingerprint density at radius 3 is 2.91 bits per heavy atom. The predicted octanol–water partition coefficient (Wildman–Crippen LogP) is 1.07. The summed E-state index contributed by atoms with van der Waals surface area (Å²) in [6, 6.07) is 5.61. The van der Waals surface area contributed by atoms with Crippen molar-refractivity contribution < 1.29 is 0 Å². The molecule has 4 nitrogen and oxygen atoms in total. The first-order valence-electron chi connectivity index (χ1n) is 3.04. The lowest BCUT2D eigenvalue weighted by molar-refractivity contribution is 1.11. The van der Waals surface area contributed by atoms with Gasteiger partial charge in [0.1, 0.15) is 0 Å². The van der Waals surface area contributed by atoms with E-state index < -0.39 is 0 Å². The molecule has 2 N–H and O–H groups in total. The fraction of sp³-hybridized carbons (Fsp3) is 0. The molecule has 0 bridgehead atoms. The largest absolute Gasteiger partial charge is 0.368 e. The van der Waals surface area contributed by atoms with Gasteiger partial charge in [-0.1, -0.05) is 6.07 Å². The molecule has 0 aliphatic rings. The molecule has 0 saturated carbocycles. The lowest BCUT2D eigenvalue weighted by Gasteiger charge is -1.95. The molecule has 0 radical (unpaired) electrons. The smallest absolute Gasteiger partial charge is 0.227 e. The Balaban J connectivity index is 2.96. The van der Waals surface area contributed by atoms with Crippen molar-refractivity contribution in [2.45, 2.75) is 0 Å². The Morgan fingerprint density at radius 1 is 1.36 bits per heavy atom. The van der Waals surface area contributed by atoms with Crippen molar-refractivity contribution in [2.24, 2.45) is 0 Å². The van der Waals surface area contributed by atoms with Crippen molar-refractivity contribution in [1.82, 2.24) is 14.6 Å². The number of anilines is 1. The molecule has 0 fully saturated rings. The molecule has 11 heavy (non-hydrogen) atoms. The molecule has 56 valence electrons. The highest BCUT2D eigenvalue weighted by molar-refractivity contribution is 9.10. The van der Waals surface area contributed by atoms with Crippen LogP contribution in [0.15, 0.2) is 22.8 Å². The Bertz CT molecular complexity index is 394. The van der Waals surface area contributed by atoms with Gasteiger partial charge in [-0.25, -0.2) is 0 Å². The number of pyridine rings is 1. The number of fused-ring (bicyclic) bond motifs is 1. The molecule has 0 atom stereocenters. The number of nitrogens with zero attached hydrogens (tertiary/aromatic N) is 3. The van der Waals surface area contributed by atoms with Crippen molar-refractivity contribution in [3.05, 3.63) is 22.8 Å². The molecule has 0 aliphatic heterocycles. The maximum Gasteiger partial charge on any atom is 0.227 e.